The van der Waals surface area contributed by atoms with Crippen LogP contribution in [0.15, 0.2) is 67.0 Å². The highest BCUT2D eigenvalue weighted by Crippen LogP contribution is 2.35. The van der Waals surface area contributed by atoms with Crippen molar-refractivity contribution in [2.24, 2.45) is 0 Å². The summed E-state index contributed by atoms with van der Waals surface area (Å²) in [6.07, 6.45) is -2.71. The van der Waals surface area contributed by atoms with Crippen molar-refractivity contribution in [2.75, 3.05) is 11.1 Å². The van der Waals surface area contributed by atoms with E-state index < -0.39 is 29.2 Å². The zero-order valence-corrected chi connectivity index (χ0v) is 18.4. The van der Waals surface area contributed by atoms with Gasteiger partial charge < -0.3 is 15.8 Å². The Hall–Kier alpha value is -4.12. The van der Waals surface area contributed by atoms with Gasteiger partial charge in [-0.15, -0.1) is 0 Å². The number of alkyl halides is 3. The van der Waals surface area contributed by atoms with Crippen LogP contribution in [0.25, 0.3) is 0 Å². The van der Waals surface area contributed by atoms with Gasteiger partial charge in [0, 0.05) is 24.0 Å². The lowest BCUT2D eigenvalue weighted by Crippen LogP contribution is -2.21. The Bertz CT molecular complexity index is 1380. The Morgan fingerprint density at radius 2 is 1.86 bits per heavy atom. The van der Waals surface area contributed by atoms with E-state index in [2.05, 4.69) is 15.4 Å². The fraction of sp³-hybridized carbons (Fsp3) is 0.0870. The standard InChI is InChI=1S/C23H16ClF4N5O2/c24-19-18(8-9-30-21(19)29)35-17-7-6-14(10-16(17)25)32-22(34)15-11-31-33(20(15)23(26,27)28)12-13-4-2-1-3-5-13/h1-11H,12H2,(H2,29,30)(H,32,34). The van der Waals surface area contributed by atoms with Crippen LogP contribution in [0.1, 0.15) is 21.6 Å². The molecule has 0 aliphatic carbocycles. The van der Waals surface area contributed by atoms with Gasteiger partial charge in [-0.3, -0.25) is 9.48 Å². The van der Waals surface area contributed by atoms with Gasteiger partial charge in [-0.1, -0.05) is 41.9 Å². The second-order valence-electron chi connectivity index (χ2n) is 7.26. The largest absolute Gasteiger partial charge is 0.453 e. The smallest absolute Gasteiger partial charge is 0.433 e. The Kier molecular flexibility index (Phi) is 6.61. The quantitative estimate of drug-likeness (QED) is 0.325. The van der Waals surface area contributed by atoms with Gasteiger partial charge in [-0.05, 0) is 17.7 Å². The first-order chi connectivity index (χ1) is 16.6. The molecule has 0 unspecified atom stereocenters. The number of halogens is 5. The molecule has 0 atom stereocenters. The van der Waals surface area contributed by atoms with Crippen LogP contribution in [0.3, 0.4) is 0 Å². The minimum atomic E-state index is -4.85. The molecule has 0 spiro atoms. The van der Waals surface area contributed by atoms with Gasteiger partial charge in [0.05, 0.1) is 18.3 Å². The number of hydrogen-bond acceptors (Lipinski definition) is 5. The van der Waals surface area contributed by atoms with E-state index in [1.807, 2.05) is 0 Å². The molecular formula is C23H16ClF4N5O2. The first-order valence-corrected chi connectivity index (χ1v) is 10.4. The number of nitrogens with two attached hydrogens (primary N) is 1. The summed E-state index contributed by atoms with van der Waals surface area (Å²) in [7, 11) is 0. The molecule has 2 aromatic carbocycles. The first-order valence-electron chi connectivity index (χ1n) is 9.99. The summed E-state index contributed by atoms with van der Waals surface area (Å²) in [5.41, 5.74) is 4.14. The van der Waals surface area contributed by atoms with Crippen molar-refractivity contribution < 1.29 is 27.1 Å². The Morgan fingerprint density at radius 3 is 2.54 bits per heavy atom. The Morgan fingerprint density at radius 1 is 1.11 bits per heavy atom. The van der Waals surface area contributed by atoms with Crippen LogP contribution in [0.2, 0.25) is 5.02 Å². The highest BCUT2D eigenvalue weighted by atomic mass is 35.5. The number of nitrogen functional groups attached to an aromatic ring is 1. The first kappa shape index (κ1) is 24.0. The summed E-state index contributed by atoms with van der Waals surface area (Å²) in [4.78, 5) is 16.4. The molecule has 0 aliphatic rings. The number of hydrogen-bond donors (Lipinski definition) is 2. The van der Waals surface area contributed by atoms with Gasteiger partial charge in [0.25, 0.3) is 5.91 Å². The van der Waals surface area contributed by atoms with Gasteiger partial charge in [0.15, 0.2) is 23.0 Å². The fourth-order valence-corrected chi connectivity index (χ4v) is 3.38. The van der Waals surface area contributed by atoms with Gasteiger partial charge in [-0.2, -0.15) is 18.3 Å². The van der Waals surface area contributed by atoms with Crippen LogP contribution < -0.4 is 15.8 Å². The molecule has 0 radical (unpaired) electrons. The number of ether oxygens (including phenoxy) is 1. The van der Waals surface area contributed by atoms with Crippen LogP contribution in [0.5, 0.6) is 11.5 Å². The van der Waals surface area contributed by atoms with Crippen LogP contribution >= 0.6 is 11.6 Å². The SMILES string of the molecule is Nc1nccc(Oc2ccc(NC(=O)c3cnn(Cc4ccccc4)c3C(F)(F)F)cc2F)c1Cl. The predicted molar refractivity (Wildman–Crippen MR) is 121 cm³/mol. The maximum absolute atomic E-state index is 14.6. The molecule has 0 bridgehead atoms. The van der Waals surface area contributed by atoms with E-state index >= 15 is 0 Å². The molecule has 4 rings (SSSR count). The Balaban J connectivity index is 1.56. The number of benzene rings is 2. The highest BCUT2D eigenvalue weighted by Gasteiger charge is 2.40. The summed E-state index contributed by atoms with van der Waals surface area (Å²) in [6, 6.07) is 13.1. The topological polar surface area (TPSA) is 95.1 Å². The lowest BCUT2D eigenvalue weighted by molar-refractivity contribution is -0.144. The summed E-state index contributed by atoms with van der Waals surface area (Å²) in [5, 5.41) is 5.99. The minimum Gasteiger partial charge on any atom is -0.453 e. The zero-order valence-electron chi connectivity index (χ0n) is 17.7. The second kappa shape index (κ2) is 9.63. The number of anilines is 2. The highest BCUT2D eigenvalue weighted by molar-refractivity contribution is 6.34. The lowest BCUT2D eigenvalue weighted by Gasteiger charge is -2.13. The monoisotopic (exact) mass is 505 g/mol. The average molecular weight is 506 g/mol. The van der Waals surface area contributed by atoms with Crippen LogP contribution in [0, 0.1) is 5.82 Å². The number of nitrogens with zero attached hydrogens (tertiary/aromatic N) is 3. The molecule has 0 saturated carbocycles. The van der Waals surface area contributed by atoms with Crippen molar-refractivity contribution in [1.82, 2.24) is 14.8 Å². The molecule has 0 aliphatic heterocycles. The predicted octanol–water partition coefficient (Wildman–Crippen LogP) is 5.76. The van der Waals surface area contributed by atoms with E-state index in [1.54, 1.807) is 30.3 Å². The van der Waals surface area contributed by atoms with Gasteiger partial charge >= 0.3 is 6.18 Å². The normalized spacial score (nSPS) is 11.3. The van der Waals surface area contributed by atoms with Crippen LogP contribution in [-0.2, 0) is 12.7 Å². The molecule has 1 amide bonds. The molecule has 0 saturated heterocycles. The molecule has 2 heterocycles. The molecule has 12 heteroatoms. The van der Waals surface area contributed by atoms with E-state index in [0.717, 1.165) is 12.3 Å². The molecule has 2 aromatic heterocycles. The number of nitrogens with one attached hydrogen (secondary N) is 1. The van der Waals surface area contributed by atoms with Crippen molar-refractivity contribution >= 4 is 29.0 Å². The molecular weight excluding hydrogens is 490 g/mol. The molecule has 180 valence electrons. The number of rotatable bonds is 6. The number of carbonyl (C=O) groups excluding carboxylic acids is 1. The average Bonchev–Trinajstić information content (AvgIpc) is 3.23. The van der Waals surface area contributed by atoms with Crippen molar-refractivity contribution in [2.45, 2.75) is 12.7 Å². The van der Waals surface area contributed by atoms with Gasteiger partial charge in [0.1, 0.15) is 10.8 Å². The van der Waals surface area contributed by atoms with E-state index in [9.17, 15) is 22.4 Å². The number of pyridine rings is 1. The molecule has 0 fully saturated rings. The third-order valence-corrected chi connectivity index (χ3v) is 5.20. The maximum atomic E-state index is 14.6. The van der Waals surface area contributed by atoms with Crippen molar-refractivity contribution in [1.29, 1.82) is 0 Å². The van der Waals surface area contributed by atoms with Gasteiger partial charge in [-0.25, -0.2) is 9.37 Å². The molecule has 4 aromatic rings. The van der Waals surface area contributed by atoms with E-state index in [-0.39, 0.29) is 34.6 Å². The molecule has 3 N–H and O–H groups in total. The fourth-order valence-electron chi connectivity index (χ4n) is 3.23. The van der Waals surface area contributed by atoms with Crippen LogP contribution in [0.4, 0.5) is 29.1 Å². The van der Waals surface area contributed by atoms with Crippen molar-refractivity contribution in [3.63, 3.8) is 0 Å². The van der Waals surface area contributed by atoms with E-state index in [4.69, 9.17) is 22.1 Å². The van der Waals surface area contributed by atoms with E-state index in [1.165, 1.54) is 24.4 Å². The van der Waals surface area contributed by atoms with Crippen molar-refractivity contribution in [3.8, 4) is 11.5 Å². The third kappa shape index (κ3) is 5.35. The summed E-state index contributed by atoms with van der Waals surface area (Å²) < 4.78 is 62.0. The summed E-state index contributed by atoms with van der Waals surface area (Å²) in [6.45, 7) is -0.189. The molecule has 35 heavy (non-hydrogen) atoms. The lowest BCUT2D eigenvalue weighted by atomic mass is 10.2. The third-order valence-electron chi connectivity index (χ3n) is 4.82. The second-order valence-corrected chi connectivity index (χ2v) is 7.64. The number of aromatic nitrogens is 3. The van der Waals surface area contributed by atoms with E-state index in [0.29, 0.717) is 10.2 Å². The summed E-state index contributed by atoms with van der Waals surface area (Å²) >= 11 is 5.98. The summed E-state index contributed by atoms with van der Waals surface area (Å²) in [5.74, 6) is -2.21. The minimum absolute atomic E-state index is 0.0123. The van der Waals surface area contributed by atoms with Crippen LogP contribution in [-0.4, -0.2) is 20.7 Å². The van der Waals surface area contributed by atoms with Gasteiger partial charge in [0.2, 0.25) is 0 Å². The number of amides is 1. The maximum Gasteiger partial charge on any atom is 0.433 e. The Labute approximate surface area is 201 Å². The number of carbonyl (C=O) groups is 1. The van der Waals surface area contributed by atoms with Crippen molar-refractivity contribution in [3.05, 3.63) is 94.7 Å². The molecule has 7 nitrogen and oxygen atoms in total. The zero-order chi connectivity index (χ0) is 25.2.